The molecule has 0 aromatic carbocycles. The molecule has 0 bridgehead atoms. The van der Waals surface area contributed by atoms with E-state index in [1.165, 1.54) is 25.7 Å². The average molecular weight is 238 g/mol. The standard InChI is InChI=1S/C14H26N2O/c1-3-11-8-9-13(10(11)2)16-14(17)15-12-6-4-5-7-12/h10-13H,3-9H2,1-2H3,(H2,15,16,17). The van der Waals surface area contributed by atoms with Crippen LogP contribution in [0.25, 0.3) is 0 Å². The van der Waals surface area contributed by atoms with E-state index in [1.807, 2.05) is 0 Å². The number of nitrogens with one attached hydrogen (secondary N) is 2. The number of carbonyl (C=O) groups excluding carboxylic acids is 1. The molecule has 0 radical (unpaired) electrons. The lowest BCUT2D eigenvalue weighted by Gasteiger charge is -2.22. The number of hydrogen-bond donors (Lipinski definition) is 2. The van der Waals surface area contributed by atoms with Gasteiger partial charge in [0.2, 0.25) is 0 Å². The van der Waals surface area contributed by atoms with Crippen LogP contribution < -0.4 is 10.6 Å². The summed E-state index contributed by atoms with van der Waals surface area (Å²) in [6.45, 7) is 4.53. The van der Waals surface area contributed by atoms with Gasteiger partial charge in [0, 0.05) is 12.1 Å². The highest BCUT2D eigenvalue weighted by molar-refractivity contribution is 5.74. The summed E-state index contributed by atoms with van der Waals surface area (Å²) in [5, 5.41) is 6.28. The molecule has 3 unspecified atom stereocenters. The fourth-order valence-corrected chi connectivity index (χ4v) is 3.49. The summed E-state index contributed by atoms with van der Waals surface area (Å²) >= 11 is 0. The molecule has 98 valence electrons. The van der Waals surface area contributed by atoms with E-state index in [-0.39, 0.29) is 6.03 Å². The molecule has 2 rings (SSSR count). The molecule has 0 heterocycles. The van der Waals surface area contributed by atoms with Crippen LogP contribution in [0.2, 0.25) is 0 Å². The monoisotopic (exact) mass is 238 g/mol. The van der Waals surface area contributed by atoms with E-state index in [4.69, 9.17) is 0 Å². The predicted octanol–water partition coefficient (Wildman–Crippen LogP) is 3.05. The highest BCUT2D eigenvalue weighted by Crippen LogP contribution is 2.33. The molecule has 0 aliphatic heterocycles. The summed E-state index contributed by atoms with van der Waals surface area (Å²) in [6, 6.07) is 0.875. The van der Waals surface area contributed by atoms with Gasteiger partial charge in [0.15, 0.2) is 0 Å². The highest BCUT2D eigenvalue weighted by Gasteiger charge is 2.32. The van der Waals surface area contributed by atoms with Gasteiger partial charge in [-0.1, -0.05) is 33.1 Å². The topological polar surface area (TPSA) is 41.1 Å². The maximum atomic E-state index is 11.9. The second-order valence-electron chi connectivity index (χ2n) is 5.81. The first-order valence-electron chi connectivity index (χ1n) is 7.27. The molecular formula is C14H26N2O. The van der Waals surface area contributed by atoms with E-state index in [0.29, 0.717) is 18.0 Å². The minimum atomic E-state index is 0.0607. The molecule has 17 heavy (non-hydrogen) atoms. The van der Waals surface area contributed by atoms with Gasteiger partial charge in [0.1, 0.15) is 0 Å². The van der Waals surface area contributed by atoms with Crippen molar-refractivity contribution in [2.24, 2.45) is 11.8 Å². The van der Waals surface area contributed by atoms with E-state index in [9.17, 15) is 4.79 Å². The molecule has 3 heteroatoms. The Morgan fingerprint density at radius 1 is 1.12 bits per heavy atom. The molecule has 3 atom stereocenters. The van der Waals surface area contributed by atoms with Crippen LogP contribution in [0.3, 0.4) is 0 Å². The number of rotatable bonds is 3. The third-order valence-electron chi connectivity index (χ3n) is 4.76. The second kappa shape index (κ2) is 5.74. The van der Waals surface area contributed by atoms with Crippen LogP contribution in [-0.2, 0) is 0 Å². The summed E-state index contributed by atoms with van der Waals surface area (Å²) in [6.07, 6.45) is 8.51. The minimum Gasteiger partial charge on any atom is -0.335 e. The molecule has 0 saturated heterocycles. The minimum absolute atomic E-state index is 0.0607. The molecule has 2 saturated carbocycles. The van der Waals surface area contributed by atoms with E-state index >= 15 is 0 Å². The zero-order valence-corrected chi connectivity index (χ0v) is 11.2. The second-order valence-corrected chi connectivity index (χ2v) is 5.81. The quantitative estimate of drug-likeness (QED) is 0.779. The van der Waals surface area contributed by atoms with E-state index in [0.717, 1.165) is 25.2 Å². The number of carbonyl (C=O) groups is 1. The third-order valence-corrected chi connectivity index (χ3v) is 4.76. The van der Waals surface area contributed by atoms with Gasteiger partial charge in [0.05, 0.1) is 0 Å². The lowest BCUT2D eigenvalue weighted by molar-refractivity contribution is 0.228. The molecule has 0 aromatic rings. The van der Waals surface area contributed by atoms with Crippen molar-refractivity contribution in [3.8, 4) is 0 Å². The number of urea groups is 1. The van der Waals surface area contributed by atoms with E-state index in [1.54, 1.807) is 0 Å². The van der Waals surface area contributed by atoms with Crippen molar-refractivity contribution in [3.05, 3.63) is 0 Å². The van der Waals surface area contributed by atoms with Crippen molar-refractivity contribution in [1.82, 2.24) is 10.6 Å². The van der Waals surface area contributed by atoms with Crippen LogP contribution >= 0.6 is 0 Å². The summed E-state index contributed by atoms with van der Waals surface area (Å²) < 4.78 is 0. The van der Waals surface area contributed by atoms with Crippen molar-refractivity contribution in [2.45, 2.75) is 70.9 Å². The lowest BCUT2D eigenvalue weighted by Crippen LogP contribution is -2.46. The summed E-state index contributed by atoms with van der Waals surface area (Å²) in [5.41, 5.74) is 0. The first-order chi connectivity index (χ1) is 8.20. The summed E-state index contributed by atoms with van der Waals surface area (Å²) in [4.78, 5) is 11.9. The molecule has 0 spiro atoms. The summed E-state index contributed by atoms with van der Waals surface area (Å²) in [5.74, 6) is 1.43. The maximum absolute atomic E-state index is 11.9. The fourth-order valence-electron chi connectivity index (χ4n) is 3.49. The van der Waals surface area contributed by atoms with Crippen LogP contribution in [0, 0.1) is 11.8 Å². The van der Waals surface area contributed by atoms with Crippen LogP contribution in [0.4, 0.5) is 4.79 Å². The maximum Gasteiger partial charge on any atom is 0.315 e. The predicted molar refractivity (Wildman–Crippen MR) is 69.9 cm³/mol. The first-order valence-corrected chi connectivity index (χ1v) is 7.27. The van der Waals surface area contributed by atoms with Crippen molar-refractivity contribution in [3.63, 3.8) is 0 Å². The van der Waals surface area contributed by atoms with Gasteiger partial charge in [-0.3, -0.25) is 0 Å². The van der Waals surface area contributed by atoms with Gasteiger partial charge in [0.25, 0.3) is 0 Å². The van der Waals surface area contributed by atoms with Gasteiger partial charge in [-0.05, 0) is 37.5 Å². The van der Waals surface area contributed by atoms with E-state index in [2.05, 4.69) is 24.5 Å². The Morgan fingerprint density at radius 2 is 1.82 bits per heavy atom. The van der Waals surface area contributed by atoms with Crippen LogP contribution in [0.1, 0.15) is 58.8 Å². The van der Waals surface area contributed by atoms with Gasteiger partial charge in [-0.15, -0.1) is 0 Å². The Hall–Kier alpha value is -0.730. The largest absolute Gasteiger partial charge is 0.335 e. The number of hydrogen-bond acceptors (Lipinski definition) is 1. The van der Waals surface area contributed by atoms with Crippen LogP contribution in [0.15, 0.2) is 0 Å². The van der Waals surface area contributed by atoms with Gasteiger partial charge in [-0.25, -0.2) is 4.79 Å². The van der Waals surface area contributed by atoms with Crippen molar-refractivity contribution < 1.29 is 4.79 Å². The zero-order valence-electron chi connectivity index (χ0n) is 11.2. The molecule has 2 aliphatic rings. The van der Waals surface area contributed by atoms with Gasteiger partial charge in [-0.2, -0.15) is 0 Å². The van der Waals surface area contributed by atoms with Crippen LogP contribution in [-0.4, -0.2) is 18.1 Å². The fraction of sp³-hybridized carbons (Fsp3) is 0.929. The Bertz CT molecular complexity index is 261. The lowest BCUT2D eigenvalue weighted by atomic mass is 9.93. The van der Waals surface area contributed by atoms with E-state index < -0.39 is 0 Å². The highest BCUT2D eigenvalue weighted by atomic mass is 16.2. The molecule has 2 aliphatic carbocycles. The molecule has 2 fully saturated rings. The average Bonchev–Trinajstić information content (AvgIpc) is 2.90. The van der Waals surface area contributed by atoms with Gasteiger partial charge < -0.3 is 10.6 Å². The Morgan fingerprint density at radius 3 is 2.41 bits per heavy atom. The van der Waals surface area contributed by atoms with Crippen LogP contribution in [0.5, 0.6) is 0 Å². The Labute approximate surface area is 105 Å². The Balaban J connectivity index is 1.74. The molecule has 0 aromatic heterocycles. The zero-order chi connectivity index (χ0) is 12.3. The normalized spacial score (nSPS) is 33.9. The number of amides is 2. The summed E-state index contributed by atoms with van der Waals surface area (Å²) in [7, 11) is 0. The van der Waals surface area contributed by atoms with Crippen molar-refractivity contribution in [2.75, 3.05) is 0 Å². The SMILES string of the molecule is CCC1CCC(NC(=O)NC2CCCC2)C1C. The van der Waals surface area contributed by atoms with Crippen molar-refractivity contribution >= 4 is 6.03 Å². The smallest absolute Gasteiger partial charge is 0.315 e. The first kappa shape index (κ1) is 12.7. The molecule has 3 nitrogen and oxygen atoms in total. The van der Waals surface area contributed by atoms with Crippen molar-refractivity contribution in [1.29, 1.82) is 0 Å². The molecule has 2 N–H and O–H groups in total. The third kappa shape index (κ3) is 3.14. The molecular weight excluding hydrogens is 212 g/mol. The van der Waals surface area contributed by atoms with Gasteiger partial charge >= 0.3 is 6.03 Å². The molecule has 2 amide bonds. The Kier molecular flexibility index (Phi) is 4.30.